The molecule has 1 saturated heterocycles. The Morgan fingerprint density at radius 1 is 1.26 bits per heavy atom. The van der Waals surface area contributed by atoms with Crippen LogP contribution in [0.4, 0.5) is 10.9 Å². The third-order valence-electron chi connectivity index (χ3n) is 5.50. The monoisotopic (exact) mass is 567 g/mol. The third kappa shape index (κ3) is 6.75. The van der Waals surface area contributed by atoms with Crippen molar-refractivity contribution >= 4 is 44.1 Å². The molecule has 3 aromatic rings. The average Bonchev–Trinajstić information content (AvgIpc) is 3.55. The smallest absolute Gasteiger partial charge is 0.253 e. The first-order chi connectivity index (χ1) is 19.9. The van der Waals surface area contributed by atoms with Gasteiger partial charge in [-0.3, -0.25) is 13.6 Å². The van der Waals surface area contributed by atoms with Gasteiger partial charge in [-0.2, -0.15) is 0 Å². The summed E-state index contributed by atoms with van der Waals surface area (Å²) in [4.78, 5) is 37.3. The van der Waals surface area contributed by atoms with Crippen LogP contribution in [0.15, 0.2) is 42.0 Å². The molecular formula is C24H30N6O6S2. The van der Waals surface area contributed by atoms with E-state index in [1.165, 1.54) is 0 Å². The molecule has 1 aliphatic rings. The van der Waals surface area contributed by atoms with E-state index in [0.717, 1.165) is 45.8 Å². The van der Waals surface area contributed by atoms with Gasteiger partial charge < -0.3 is 25.0 Å². The van der Waals surface area contributed by atoms with Gasteiger partial charge in [-0.05, 0) is 32.0 Å². The van der Waals surface area contributed by atoms with Gasteiger partial charge in [0.25, 0.3) is 11.8 Å². The topological polar surface area (TPSA) is 145 Å². The molecule has 0 spiro atoms. The molecule has 0 bridgehead atoms. The number of anilines is 2. The lowest BCUT2D eigenvalue weighted by molar-refractivity contribution is -0.119. The highest BCUT2D eigenvalue weighted by atomic mass is 32.2. The van der Waals surface area contributed by atoms with Crippen LogP contribution in [-0.2, 0) is 24.3 Å². The largest absolute Gasteiger partial charge is 0.382 e. The summed E-state index contributed by atoms with van der Waals surface area (Å²) in [6.07, 6.45) is 3.02. The van der Waals surface area contributed by atoms with Crippen molar-refractivity contribution in [2.75, 3.05) is 43.2 Å². The van der Waals surface area contributed by atoms with Crippen LogP contribution in [0.25, 0.3) is 11.4 Å². The molecule has 4 heterocycles. The average molecular weight is 568 g/mol. The SMILES string of the molecule is [2H]C([2H])([2H])OC([2H])([2H])C(NC(=O)c1ccn(S(C)(=O)=O)c1)C(=O)Nc1nc(-c2cccc(N3CC(C)OC(C)C3)n2)cs1. The van der Waals surface area contributed by atoms with Crippen molar-refractivity contribution in [1.29, 1.82) is 0 Å². The number of morpholine rings is 1. The molecule has 12 nitrogen and oxygen atoms in total. The molecule has 0 aromatic carbocycles. The second-order valence-electron chi connectivity index (χ2n) is 8.69. The number of carbonyl (C=O) groups excluding carboxylic acids is 2. The Morgan fingerprint density at radius 2 is 2.03 bits per heavy atom. The van der Waals surface area contributed by atoms with E-state index >= 15 is 0 Å². The second-order valence-corrected chi connectivity index (χ2v) is 11.4. The summed E-state index contributed by atoms with van der Waals surface area (Å²) in [5.74, 6) is -1.49. The molecule has 38 heavy (non-hydrogen) atoms. The highest BCUT2D eigenvalue weighted by Gasteiger charge is 2.25. The Kier molecular flexibility index (Phi) is 6.59. The molecule has 0 radical (unpaired) electrons. The fourth-order valence-electron chi connectivity index (χ4n) is 3.87. The van der Waals surface area contributed by atoms with Gasteiger partial charge in [-0.25, -0.2) is 18.4 Å². The number of nitrogens with one attached hydrogen (secondary N) is 2. The second kappa shape index (κ2) is 11.6. The van der Waals surface area contributed by atoms with Crippen molar-refractivity contribution in [3.8, 4) is 11.4 Å². The van der Waals surface area contributed by atoms with Crippen molar-refractivity contribution in [3.63, 3.8) is 0 Å². The number of nitrogens with zero attached hydrogens (tertiary/aromatic N) is 4. The first kappa shape index (κ1) is 21.6. The van der Waals surface area contributed by atoms with Crippen LogP contribution in [0.5, 0.6) is 0 Å². The minimum absolute atomic E-state index is 0.0213. The molecule has 2 N–H and O–H groups in total. The number of amides is 2. The van der Waals surface area contributed by atoms with Crippen molar-refractivity contribution in [3.05, 3.63) is 47.6 Å². The summed E-state index contributed by atoms with van der Waals surface area (Å²) in [5.41, 5.74) is 0.711. The first-order valence-electron chi connectivity index (χ1n) is 13.9. The highest BCUT2D eigenvalue weighted by molar-refractivity contribution is 7.89. The Labute approximate surface area is 232 Å². The van der Waals surface area contributed by atoms with Gasteiger partial charge in [0, 0.05) is 37.9 Å². The zero-order valence-corrected chi connectivity index (χ0v) is 22.4. The van der Waals surface area contributed by atoms with E-state index in [1.807, 2.05) is 26.0 Å². The van der Waals surface area contributed by atoms with Crippen LogP contribution >= 0.6 is 11.3 Å². The molecule has 4 rings (SSSR count). The predicted octanol–water partition coefficient (Wildman–Crippen LogP) is 1.81. The lowest BCUT2D eigenvalue weighted by Crippen LogP contribution is -2.46. The summed E-state index contributed by atoms with van der Waals surface area (Å²) in [6, 6.07) is 4.39. The van der Waals surface area contributed by atoms with Gasteiger partial charge in [0.15, 0.2) is 5.13 Å². The Balaban J connectivity index is 1.54. The summed E-state index contributed by atoms with van der Waals surface area (Å²) in [5, 5.41) is 6.15. The van der Waals surface area contributed by atoms with E-state index in [9.17, 15) is 18.0 Å². The van der Waals surface area contributed by atoms with Crippen LogP contribution in [0.1, 0.15) is 31.1 Å². The number of rotatable bonds is 9. The van der Waals surface area contributed by atoms with Crippen LogP contribution in [0.3, 0.4) is 0 Å². The number of pyridine rings is 1. The van der Waals surface area contributed by atoms with E-state index in [0.29, 0.717) is 24.5 Å². The summed E-state index contributed by atoms with van der Waals surface area (Å²) in [7, 11) is -6.98. The standard InChI is InChI=1S/C24H30N6O6S2/c1-15-10-29(11-16(2)36-15)21-7-5-6-18(25-21)20-14-37-24(27-20)28-23(32)19(13-35-3)26-22(31)17-8-9-30(12-17)38(4,33)34/h5-9,12,14-16,19H,10-11,13H2,1-4H3,(H,26,31)(H,27,28,32)/i3D3,13D2. The molecule has 1 aliphatic heterocycles. The molecule has 0 saturated carbocycles. The maximum absolute atomic E-state index is 13.2. The molecule has 14 heteroatoms. The number of methoxy groups -OCH3 is 1. The minimum atomic E-state index is -3.72. The zero-order chi connectivity index (χ0) is 31.7. The first-order valence-corrected chi connectivity index (χ1v) is 14.2. The number of hydrogen-bond acceptors (Lipinski definition) is 10. The molecular weight excluding hydrogens is 532 g/mol. The van der Waals surface area contributed by atoms with Crippen LogP contribution in [0, 0.1) is 0 Å². The lowest BCUT2D eigenvalue weighted by atomic mass is 10.2. The van der Waals surface area contributed by atoms with Crippen molar-refractivity contribution in [2.24, 2.45) is 0 Å². The molecule has 0 aliphatic carbocycles. The number of carbonyl (C=O) groups is 2. The predicted molar refractivity (Wildman–Crippen MR) is 144 cm³/mol. The van der Waals surface area contributed by atoms with Gasteiger partial charge in [-0.15, -0.1) is 11.3 Å². The maximum Gasteiger partial charge on any atom is 0.253 e. The summed E-state index contributed by atoms with van der Waals surface area (Å²) >= 11 is 1.00. The van der Waals surface area contributed by atoms with E-state index in [2.05, 4.69) is 25.3 Å². The number of aromatic nitrogens is 3. The van der Waals surface area contributed by atoms with Crippen molar-refractivity contribution in [1.82, 2.24) is 19.3 Å². The van der Waals surface area contributed by atoms with E-state index in [4.69, 9.17) is 16.6 Å². The maximum atomic E-state index is 13.2. The summed E-state index contributed by atoms with van der Waals surface area (Å²) < 4.78 is 72.8. The minimum Gasteiger partial charge on any atom is -0.382 e. The highest BCUT2D eigenvalue weighted by Crippen LogP contribution is 2.26. The van der Waals surface area contributed by atoms with Crippen LogP contribution in [-0.4, -0.2) is 85.4 Å². The lowest BCUT2D eigenvalue weighted by Gasteiger charge is -2.36. The van der Waals surface area contributed by atoms with E-state index in [1.54, 1.807) is 11.4 Å². The van der Waals surface area contributed by atoms with Gasteiger partial charge in [0.1, 0.15) is 17.6 Å². The molecule has 1 fully saturated rings. The zero-order valence-electron chi connectivity index (χ0n) is 25.7. The molecule has 3 unspecified atom stereocenters. The number of thiazole rings is 1. The van der Waals surface area contributed by atoms with Gasteiger partial charge in [0.05, 0.1) is 43.1 Å². The van der Waals surface area contributed by atoms with E-state index < -0.39 is 41.5 Å². The quantitative estimate of drug-likeness (QED) is 0.395. The van der Waals surface area contributed by atoms with E-state index in [-0.39, 0.29) is 22.9 Å². The molecule has 2 amide bonds. The van der Waals surface area contributed by atoms with Crippen LogP contribution in [0.2, 0.25) is 0 Å². The fourth-order valence-corrected chi connectivity index (χ4v) is 5.17. The van der Waals surface area contributed by atoms with Crippen LogP contribution < -0.4 is 15.5 Å². The van der Waals surface area contributed by atoms with Gasteiger partial charge >= 0.3 is 0 Å². The number of ether oxygens (including phenoxy) is 2. The van der Waals surface area contributed by atoms with Gasteiger partial charge in [0.2, 0.25) is 10.0 Å². The number of hydrogen-bond donors (Lipinski definition) is 2. The molecule has 204 valence electrons. The Bertz CT molecular complexity index is 1580. The normalized spacial score (nSPS) is 21.3. The van der Waals surface area contributed by atoms with Gasteiger partial charge in [-0.1, -0.05) is 6.07 Å². The van der Waals surface area contributed by atoms with Crippen molar-refractivity contribution < 1.29 is 34.3 Å². The Hall–Kier alpha value is -3.33. The third-order valence-corrected chi connectivity index (χ3v) is 7.25. The molecule has 3 aromatic heterocycles. The summed E-state index contributed by atoms with van der Waals surface area (Å²) in [6.45, 7) is 2.06. The Morgan fingerprint density at radius 3 is 2.71 bits per heavy atom. The fraction of sp³-hybridized carbons (Fsp3) is 0.417. The van der Waals surface area contributed by atoms with Crippen molar-refractivity contribution in [2.45, 2.75) is 32.1 Å². The molecule has 3 atom stereocenters.